The number of rotatable bonds is 4. The zero-order chi connectivity index (χ0) is 18.8. The summed E-state index contributed by atoms with van der Waals surface area (Å²) in [5, 5.41) is 0.758. The van der Waals surface area contributed by atoms with Gasteiger partial charge in [-0.3, -0.25) is 4.79 Å². The fourth-order valence-corrected chi connectivity index (χ4v) is 4.68. The second kappa shape index (κ2) is 8.01. The van der Waals surface area contributed by atoms with Gasteiger partial charge in [-0.25, -0.2) is 4.39 Å². The van der Waals surface area contributed by atoms with Crippen molar-refractivity contribution in [2.75, 3.05) is 32.7 Å². The molecule has 2 heterocycles. The van der Waals surface area contributed by atoms with Crippen LogP contribution < -0.4 is 0 Å². The van der Waals surface area contributed by atoms with E-state index in [0.29, 0.717) is 11.5 Å². The Balaban J connectivity index is 1.61. The van der Waals surface area contributed by atoms with E-state index in [9.17, 15) is 9.18 Å². The summed E-state index contributed by atoms with van der Waals surface area (Å²) >= 11 is 0. The number of nitrogens with zero attached hydrogens (tertiary/aromatic N) is 3. The Labute approximate surface area is 160 Å². The molecule has 4 nitrogen and oxygen atoms in total. The second-order valence-corrected chi connectivity index (χ2v) is 8.09. The lowest BCUT2D eigenvalue weighted by Gasteiger charge is -2.34. The minimum absolute atomic E-state index is 0.0451. The molecule has 0 bridgehead atoms. The summed E-state index contributed by atoms with van der Waals surface area (Å²) in [6.45, 7) is 7.43. The monoisotopic (exact) mass is 371 g/mol. The average Bonchev–Trinajstić information content (AvgIpc) is 3.05. The maximum Gasteiger partial charge on any atom is 0.256 e. The molecule has 0 spiro atoms. The average molecular weight is 372 g/mol. The van der Waals surface area contributed by atoms with Gasteiger partial charge in [-0.05, 0) is 43.5 Å². The number of carbonyl (C=O) groups is 1. The van der Waals surface area contributed by atoms with Gasteiger partial charge in [0.1, 0.15) is 5.82 Å². The fourth-order valence-electron chi connectivity index (χ4n) is 4.68. The predicted molar refractivity (Wildman–Crippen MR) is 106 cm³/mol. The van der Waals surface area contributed by atoms with E-state index in [1.807, 2.05) is 17.2 Å². The number of fused-ring (bicyclic) bond motifs is 1. The van der Waals surface area contributed by atoms with Crippen LogP contribution in [0.25, 0.3) is 10.9 Å². The third kappa shape index (κ3) is 3.88. The summed E-state index contributed by atoms with van der Waals surface area (Å²) in [4.78, 5) is 17.5. The number of hydrogen-bond donors (Lipinski definition) is 0. The van der Waals surface area contributed by atoms with Crippen LogP contribution in [0.15, 0.2) is 24.4 Å². The lowest BCUT2D eigenvalue weighted by molar-refractivity contribution is 0.0645. The molecular formula is C22H30FN3O. The molecule has 1 saturated heterocycles. The molecule has 2 aliphatic rings. The third-order valence-corrected chi connectivity index (χ3v) is 6.36. The maximum atomic E-state index is 13.9. The van der Waals surface area contributed by atoms with Gasteiger partial charge < -0.3 is 14.4 Å². The van der Waals surface area contributed by atoms with Crippen LogP contribution in [-0.2, 0) is 6.54 Å². The Bertz CT molecular complexity index is 801. The molecule has 2 fully saturated rings. The minimum atomic E-state index is -0.275. The van der Waals surface area contributed by atoms with Crippen LogP contribution in [-0.4, -0.2) is 53.0 Å². The number of piperazine rings is 1. The van der Waals surface area contributed by atoms with Crippen molar-refractivity contribution < 1.29 is 9.18 Å². The van der Waals surface area contributed by atoms with Gasteiger partial charge in [-0.15, -0.1) is 0 Å². The van der Waals surface area contributed by atoms with Gasteiger partial charge >= 0.3 is 0 Å². The topological polar surface area (TPSA) is 28.5 Å². The first-order valence-corrected chi connectivity index (χ1v) is 10.5. The van der Waals surface area contributed by atoms with Crippen molar-refractivity contribution in [3.63, 3.8) is 0 Å². The molecule has 146 valence electrons. The van der Waals surface area contributed by atoms with Crippen molar-refractivity contribution in [3.8, 4) is 0 Å². The van der Waals surface area contributed by atoms with Crippen LogP contribution in [0.3, 0.4) is 0 Å². The number of amides is 1. The summed E-state index contributed by atoms with van der Waals surface area (Å²) in [5.74, 6) is 0.432. The summed E-state index contributed by atoms with van der Waals surface area (Å²) in [5.41, 5.74) is 1.64. The molecule has 1 aromatic heterocycles. The van der Waals surface area contributed by atoms with Gasteiger partial charge in [0.25, 0.3) is 5.91 Å². The molecule has 1 aromatic carbocycles. The zero-order valence-electron chi connectivity index (χ0n) is 16.3. The van der Waals surface area contributed by atoms with Crippen molar-refractivity contribution in [1.29, 1.82) is 0 Å². The molecular weight excluding hydrogens is 341 g/mol. The molecule has 0 radical (unpaired) electrons. The SMILES string of the molecule is CCN1CCN(C(=O)c2cn(CC3CCCCC3)c3ccc(F)cc23)CC1. The highest BCUT2D eigenvalue weighted by molar-refractivity contribution is 6.07. The van der Waals surface area contributed by atoms with Crippen LogP contribution in [0.1, 0.15) is 49.4 Å². The van der Waals surface area contributed by atoms with Gasteiger partial charge in [0, 0.05) is 49.8 Å². The molecule has 0 N–H and O–H groups in total. The predicted octanol–water partition coefficient (Wildman–Crippen LogP) is 4.14. The lowest BCUT2D eigenvalue weighted by Crippen LogP contribution is -2.48. The first-order chi connectivity index (χ1) is 13.2. The summed E-state index contributed by atoms with van der Waals surface area (Å²) < 4.78 is 16.1. The number of halogens is 1. The standard InChI is InChI=1S/C22H30FN3O/c1-2-24-10-12-25(13-11-24)22(27)20-16-26(15-17-6-4-3-5-7-17)21-9-8-18(23)14-19(20)21/h8-9,14,16-17H,2-7,10-13,15H2,1H3. The molecule has 1 aliphatic carbocycles. The largest absolute Gasteiger partial charge is 0.346 e. The molecule has 4 rings (SSSR count). The number of carbonyl (C=O) groups excluding carboxylic acids is 1. The van der Waals surface area contributed by atoms with Crippen molar-refractivity contribution >= 4 is 16.8 Å². The third-order valence-electron chi connectivity index (χ3n) is 6.36. The van der Waals surface area contributed by atoms with Gasteiger partial charge in [0.15, 0.2) is 0 Å². The van der Waals surface area contributed by atoms with E-state index in [1.165, 1.54) is 44.2 Å². The van der Waals surface area contributed by atoms with Crippen LogP contribution in [0.4, 0.5) is 4.39 Å². The quantitative estimate of drug-likeness (QED) is 0.808. The highest BCUT2D eigenvalue weighted by Crippen LogP contribution is 2.29. The van der Waals surface area contributed by atoms with Crippen LogP contribution in [0.5, 0.6) is 0 Å². The van der Waals surface area contributed by atoms with E-state index in [4.69, 9.17) is 0 Å². The molecule has 27 heavy (non-hydrogen) atoms. The second-order valence-electron chi connectivity index (χ2n) is 8.09. The number of benzene rings is 1. The maximum absolute atomic E-state index is 13.9. The van der Waals surface area contributed by atoms with E-state index >= 15 is 0 Å². The Morgan fingerprint density at radius 1 is 1.11 bits per heavy atom. The van der Waals surface area contributed by atoms with Crippen molar-refractivity contribution in [2.45, 2.75) is 45.6 Å². The minimum Gasteiger partial charge on any atom is -0.346 e. The first-order valence-electron chi connectivity index (χ1n) is 10.5. The molecule has 0 atom stereocenters. The van der Waals surface area contributed by atoms with E-state index in [-0.39, 0.29) is 11.7 Å². The Kier molecular flexibility index (Phi) is 5.48. The van der Waals surface area contributed by atoms with Gasteiger partial charge in [-0.1, -0.05) is 26.2 Å². The number of likely N-dealkylation sites (N-methyl/N-ethyl adjacent to an activating group) is 1. The van der Waals surface area contributed by atoms with E-state index < -0.39 is 0 Å². The fraction of sp³-hybridized carbons (Fsp3) is 0.591. The van der Waals surface area contributed by atoms with Crippen molar-refractivity contribution in [3.05, 3.63) is 35.8 Å². The molecule has 0 unspecified atom stereocenters. The van der Waals surface area contributed by atoms with Crippen LogP contribution in [0.2, 0.25) is 0 Å². The molecule has 1 aliphatic heterocycles. The zero-order valence-corrected chi connectivity index (χ0v) is 16.3. The van der Waals surface area contributed by atoms with Crippen LogP contribution in [0, 0.1) is 11.7 Å². The smallest absolute Gasteiger partial charge is 0.256 e. The summed E-state index contributed by atoms with van der Waals surface area (Å²) in [6.07, 6.45) is 8.42. The molecule has 2 aromatic rings. The normalized spacial score (nSPS) is 19.7. The summed E-state index contributed by atoms with van der Waals surface area (Å²) in [6, 6.07) is 4.87. The highest BCUT2D eigenvalue weighted by atomic mass is 19.1. The van der Waals surface area contributed by atoms with Gasteiger partial charge in [0.05, 0.1) is 5.56 Å². The van der Waals surface area contributed by atoms with Gasteiger partial charge in [0.2, 0.25) is 0 Å². The molecule has 1 amide bonds. The number of hydrogen-bond acceptors (Lipinski definition) is 2. The van der Waals surface area contributed by atoms with Crippen molar-refractivity contribution in [2.24, 2.45) is 5.92 Å². The number of aromatic nitrogens is 1. The van der Waals surface area contributed by atoms with E-state index in [1.54, 1.807) is 0 Å². The molecule has 5 heteroatoms. The Hall–Kier alpha value is -1.88. The van der Waals surface area contributed by atoms with Gasteiger partial charge in [-0.2, -0.15) is 0 Å². The first kappa shape index (κ1) is 18.5. The van der Waals surface area contributed by atoms with Crippen molar-refractivity contribution in [1.82, 2.24) is 14.4 Å². The van der Waals surface area contributed by atoms with E-state index in [2.05, 4.69) is 16.4 Å². The Morgan fingerprint density at radius 2 is 1.85 bits per heavy atom. The lowest BCUT2D eigenvalue weighted by atomic mass is 9.89. The van der Waals surface area contributed by atoms with Crippen LogP contribution >= 0.6 is 0 Å². The summed E-state index contributed by atoms with van der Waals surface area (Å²) in [7, 11) is 0. The Morgan fingerprint density at radius 3 is 2.56 bits per heavy atom. The van der Waals surface area contributed by atoms with E-state index in [0.717, 1.165) is 50.2 Å². The molecule has 1 saturated carbocycles. The highest BCUT2D eigenvalue weighted by Gasteiger charge is 2.25.